The number of rotatable bonds is 11. The van der Waals surface area contributed by atoms with Crippen molar-refractivity contribution >= 4 is 51.2 Å². The van der Waals surface area contributed by atoms with Crippen LogP contribution < -0.4 is 19.4 Å². The maximum absolute atomic E-state index is 6.97. The van der Waals surface area contributed by atoms with Crippen LogP contribution in [0.25, 0.3) is 0 Å². The molecule has 0 spiro atoms. The van der Waals surface area contributed by atoms with Gasteiger partial charge in [-0.25, -0.2) is 0 Å². The normalized spacial score (nSPS) is 10.7. The Morgan fingerprint density at radius 2 is 0.509 bits per heavy atom. The summed E-state index contributed by atoms with van der Waals surface area (Å²) in [6.07, 6.45) is 0. The molecule has 0 saturated carbocycles. The molecule has 4 nitrogen and oxygen atoms in total. The number of benzene rings is 8. The summed E-state index contributed by atoms with van der Waals surface area (Å²) < 4.78 is 6.97. The van der Waals surface area contributed by atoms with Gasteiger partial charge in [-0.05, 0) is 103 Å². The Labute approximate surface area is 312 Å². The number of para-hydroxylation sites is 6. The van der Waals surface area contributed by atoms with Gasteiger partial charge in [0.15, 0.2) is 0 Å². The van der Waals surface area contributed by atoms with Crippen LogP contribution in [0.2, 0.25) is 0 Å². The Hall–Kier alpha value is -7.04. The van der Waals surface area contributed by atoms with E-state index in [1.54, 1.807) is 0 Å². The summed E-state index contributed by atoms with van der Waals surface area (Å²) in [7, 11) is 0. The van der Waals surface area contributed by atoms with E-state index in [1.807, 2.05) is 36.4 Å². The molecule has 0 heterocycles. The number of anilines is 9. The number of nitrogens with zero attached hydrogens (tertiary/aromatic N) is 3. The molecule has 0 bridgehead atoms. The smallest absolute Gasteiger partial charge is 0.131 e. The average Bonchev–Trinajstić information content (AvgIpc) is 3.21. The van der Waals surface area contributed by atoms with E-state index in [-0.39, 0.29) is 0 Å². The van der Waals surface area contributed by atoms with Gasteiger partial charge in [-0.3, -0.25) is 0 Å². The van der Waals surface area contributed by atoms with Gasteiger partial charge < -0.3 is 19.4 Å². The number of ether oxygens (including phenoxy) is 1. The Balaban J connectivity index is 1.30. The van der Waals surface area contributed by atoms with Crippen molar-refractivity contribution < 1.29 is 4.74 Å². The minimum atomic E-state index is 0.716. The van der Waals surface area contributed by atoms with E-state index >= 15 is 0 Å². The van der Waals surface area contributed by atoms with Crippen molar-refractivity contribution in [2.24, 2.45) is 0 Å². The number of aryl methyl sites for hydroxylation is 1. The lowest BCUT2D eigenvalue weighted by Gasteiger charge is -2.30. The van der Waals surface area contributed by atoms with E-state index in [1.165, 1.54) is 0 Å². The number of hydrogen-bond donors (Lipinski definition) is 0. The summed E-state index contributed by atoms with van der Waals surface area (Å²) in [5, 5.41) is 0. The average molecular weight is 686 g/mol. The highest BCUT2D eigenvalue weighted by atomic mass is 16.5. The van der Waals surface area contributed by atoms with Gasteiger partial charge in [0.05, 0.1) is 17.1 Å². The highest BCUT2D eigenvalue weighted by molar-refractivity contribution is 5.84. The Morgan fingerprint density at radius 3 is 0.792 bits per heavy atom. The van der Waals surface area contributed by atoms with E-state index in [0.29, 0.717) is 5.75 Å². The van der Waals surface area contributed by atoms with Crippen LogP contribution in [0.4, 0.5) is 51.2 Å². The molecule has 0 aliphatic carbocycles. The fourth-order valence-corrected chi connectivity index (χ4v) is 6.74. The maximum atomic E-state index is 6.97. The second-order valence-corrected chi connectivity index (χ2v) is 12.8. The quantitative estimate of drug-likeness (QED) is 0.135. The van der Waals surface area contributed by atoms with Crippen LogP contribution in [-0.2, 0) is 0 Å². The largest absolute Gasteiger partial charge is 0.457 e. The zero-order valence-electron chi connectivity index (χ0n) is 29.5. The third-order valence-electron chi connectivity index (χ3n) is 9.01. The van der Waals surface area contributed by atoms with Crippen molar-refractivity contribution in [3.05, 3.63) is 224 Å². The van der Waals surface area contributed by atoms with Gasteiger partial charge >= 0.3 is 0 Å². The summed E-state index contributed by atoms with van der Waals surface area (Å²) >= 11 is 0. The van der Waals surface area contributed by atoms with Crippen molar-refractivity contribution in [1.82, 2.24) is 0 Å². The third kappa shape index (κ3) is 7.53. The van der Waals surface area contributed by atoms with Crippen LogP contribution in [-0.4, -0.2) is 0 Å². The monoisotopic (exact) mass is 685 g/mol. The van der Waals surface area contributed by atoms with Crippen LogP contribution in [0, 0.1) is 6.92 Å². The second kappa shape index (κ2) is 15.5. The molecule has 256 valence electrons. The molecule has 0 aliphatic heterocycles. The molecule has 0 unspecified atom stereocenters. The first-order valence-corrected chi connectivity index (χ1v) is 17.8. The minimum absolute atomic E-state index is 0.716. The van der Waals surface area contributed by atoms with E-state index in [9.17, 15) is 0 Å². The molecule has 8 aromatic carbocycles. The van der Waals surface area contributed by atoms with Crippen molar-refractivity contribution in [1.29, 1.82) is 0 Å². The van der Waals surface area contributed by atoms with E-state index in [2.05, 4.69) is 204 Å². The molecule has 8 aromatic rings. The molecule has 0 fully saturated rings. The molecule has 0 N–H and O–H groups in total. The van der Waals surface area contributed by atoms with Crippen LogP contribution in [0.1, 0.15) is 5.56 Å². The fourth-order valence-electron chi connectivity index (χ4n) is 6.74. The molecular formula is C49H39N3O. The van der Waals surface area contributed by atoms with Crippen molar-refractivity contribution in [2.75, 3.05) is 14.7 Å². The summed E-state index contributed by atoms with van der Waals surface area (Å²) in [6, 6.07) is 75.8. The Bertz CT molecular complexity index is 2150. The zero-order valence-corrected chi connectivity index (χ0v) is 29.5. The molecule has 53 heavy (non-hydrogen) atoms. The fraction of sp³-hybridized carbons (Fsp3) is 0.0204. The first-order valence-electron chi connectivity index (χ1n) is 17.8. The standard InChI is InChI=1S/C49H39N3O/c1-38-32-45(50(39-20-8-2-9-21-39)40-22-10-3-11-23-40)35-48(33-38)53-49-36-46(51(41-24-12-4-13-25-41)42-26-14-5-15-27-42)34-47(37-49)52(43-28-16-6-17-29-43)44-30-18-7-19-31-44/h2-37H,1H3. The third-order valence-corrected chi connectivity index (χ3v) is 9.01. The van der Waals surface area contributed by atoms with Gasteiger partial charge in [0.1, 0.15) is 11.5 Å². The van der Waals surface area contributed by atoms with Crippen molar-refractivity contribution in [3.63, 3.8) is 0 Å². The van der Waals surface area contributed by atoms with Gasteiger partial charge in [0.2, 0.25) is 0 Å². The zero-order chi connectivity index (χ0) is 35.8. The lowest BCUT2D eigenvalue weighted by atomic mass is 10.1. The lowest BCUT2D eigenvalue weighted by molar-refractivity contribution is 0.483. The van der Waals surface area contributed by atoms with Gasteiger partial charge in [0, 0.05) is 52.3 Å². The van der Waals surface area contributed by atoms with Crippen LogP contribution in [0.5, 0.6) is 11.5 Å². The molecule has 8 rings (SSSR count). The van der Waals surface area contributed by atoms with Gasteiger partial charge in [-0.15, -0.1) is 0 Å². The first-order chi connectivity index (χ1) is 26.2. The van der Waals surface area contributed by atoms with Crippen LogP contribution in [0.3, 0.4) is 0 Å². The summed E-state index contributed by atoms with van der Waals surface area (Å²) in [5.41, 5.74) is 10.4. The molecule has 0 saturated heterocycles. The summed E-state index contributed by atoms with van der Waals surface area (Å²) in [6.45, 7) is 2.12. The predicted molar refractivity (Wildman–Crippen MR) is 222 cm³/mol. The van der Waals surface area contributed by atoms with Crippen molar-refractivity contribution in [3.8, 4) is 11.5 Å². The Kier molecular flexibility index (Phi) is 9.66. The van der Waals surface area contributed by atoms with E-state index in [4.69, 9.17) is 4.74 Å². The maximum Gasteiger partial charge on any atom is 0.131 e. The number of hydrogen-bond acceptors (Lipinski definition) is 4. The SMILES string of the molecule is Cc1cc(Oc2cc(N(c3ccccc3)c3ccccc3)cc(N(c3ccccc3)c3ccccc3)c2)cc(N(c2ccccc2)c2ccccc2)c1. The van der Waals surface area contributed by atoms with Gasteiger partial charge in [-0.1, -0.05) is 109 Å². The molecule has 0 aliphatic rings. The molecule has 0 aromatic heterocycles. The van der Waals surface area contributed by atoms with Crippen molar-refractivity contribution in [2.45, 2.75) is 6.92 Å². The summed E-state index contributed by atoms with van der Waals surface area (Å²) in [4.78, 5) is 6.82. The molecular weight excluding hydrogens is 647 g/mol. The topological polar surface area (TPSA) is 19.0 Å². The predicted octanol–water partition coefficient (Wildman–Crippen LogP) is 14.2. The van der Waals surface area contributed by atoms with Gasteiger partial charge in [0.25, 0.3) is 0 Å². The second-order valence-electron chi connectivity index (χ2n) is 12.8. The van der Waals surface area contributed by atoms with E-state index < -0.39 is 0 Å². The minimum Gasteiger partial charge on any atom is -0.457 e. The molecule has 0 amide bonds. The Morgan fingerprint density at radius 1 is 0.264 bits per heavy atom. The molecule has 0 radical (unpaired) electrons. The highest BCUT2D eigenvalue weighted by Gasteiger charge is 2.20. The lowest BCUT2D eigenvalue weighted by Crippen LogP contribution is -2.13. The van der Waals surface area contributed by atoms with Crippen LogP contribution in [0.15, 0.2) is 218 Å². The highest BCUT2D eigenvalue weighted by Crippen LogP contribution is 2.44. The van der Waals surface area contributed by atoms with E-state index in [0.717, 1.165) is 62.5 Å². The molecule has 0 atom stereocenters. The summed E-state index contributed by atoms with van der Waals surface area (Å²) in [5.74, 6) is 1.46. The first kappa shape index (κ1) is 33.1. The molecule has 4 heteroatoms. The van der Waals surface area contributed by atoms with Gasteiger partial charge in [-0.2, -0.15) is 0 Å². The van der Waals surface area contributed by atoms with Crippen LogP contribution >= 0.6 is 0 Å².